The molecule has 5 heteroatoms. The Balaban J connectivity index is 2.07. The zero-order valence-electron chi connectivity index (χ0n) is 12.3. The lowest BCUT2D eigenvalue weighted by Crippen LogP contribution is -2.36. The molecule has 0 amide bonds. The number of methoxy groups -OCH3 is 1. The Morgan fingerprint density at radius 1 is 1.40 bits per heavy atom. The molecule has 0 bridgehead atoms. The standard InChI is InChI=1S/C15H22F2N2O/c1-18(9-11-5-4-8-19(11)2)10-12-14(20-3)7-6-13(16)15(12)17/h6-7,11H,4-5,8-10H2,1-3H3/t11-/m0/s1. The Bertz CT molecular complexity index is 467. The lowest BCUT2D eigenvalue weighted by atomic mass is 10.1. The summed E-state index contributed by atoms with van der Waals surface area (Å²) in [7, 11) is 5.51. The summed E-state index contributed by atoms with van der Waals surface area (Å²) in [5, 5.41) is 0. The normalized spacial score (nSPS) is 19.8. The largest absolute Gasteiger partial charge is 0.496 e. The first kappa shape index (κ1) is 15.2. The molecule has 0 saturated carbocycles. The van der Waals surface area contributed by atoms with Crippen molar-refractivity contribution in [3.8, 4) is 5.75 Å². The van der Waals surface area contributed by atoms with Gasteiger partial charge in [0.25, 0.3) is 0 Å². The van der Waals surface area contributed by atoms with Crippen molar-refractivity contribution in [1.29, 1.82) is 0 Å². The molecule has 1 heterocycles. The predicted octanol–water partition coefficient (Wildman–Crippen LogP) is 2.50. The molecule has 1 aliphatic heterocycles. The zero-order valence-corrected chi connectivity index (χ0v) is 12.3. The highest BCUT2D eigenvalue weighted by Crippen LogP contribution is 2.25. The molecule has 1 aromatic carbocycles. The fourth-order valence-electron chi connectivity index (χ4n) is 2.82. The molecule has 1 fully saturated rings. The third-order valence-electron chi connectivity index (χ3n) is 3.99. The van der Waals surface area contributed by atoms with E-state index in [1.807, 2.05) is 11.9 Å². The molecule has 0 aromatic heterocycles. The van der Waals surface area contributed by atoms with E-state index in [1.165, 1.54) is 19.6 Å². The van der Waals surface area contributed by atoms with Gasteiger partial charge in [0.2, 0.25) is 0 Å². The van der Waals surface area contributed by atoms with Crippen LogP contribution >= 0.6 is 0 Å². The van der Waals surface area contributed by atoms with E-state index >= 15 is 0 Å². The second-order valence-electron chi connectivity index (χ2n) is 5.52. The quantitative estimate of drug-likeness (QED) is 0.826. The average molecular weight is 284 g/mol. The number of likely N-dealkylation sites (N-methyl/N-ethyl adjacent to an activating group) is 2. The van der Waals surface area contributed by atoms with E-state index in [9.17, 15) is 8.78 Å². The van der Waals surface area contributed by atoms with Crippen LogP contribution in [0.5, 0.6) is 5.75 Å². The van der Waals surface area contributed by atoms with Gasteiger partial charge in [-0.3, -0.25) is 0 Å². The van der Waals surface area contributed by atoms with Crippen LogP contribution in [0.3, 0.4) is 0 Å². The second-order valence-corrected chi connectivity index (χ2v) is 5.52. The van der Waals surface area contributed by atoms with Crippen molar-refractivity contribution in [3.05, 3.63) is 29.3 Å². The summed E-state index contributed by atoms with van der Waals surface area (Å²) in [6.45, 7) is 2.29. The predicted molar refractivity (Wildman–Crippen MR) is 74.9 cm³/mol. The first-order chi connectivity index (χ1) is 9.52. The minimum Gasteiger partial charge on any atom is -0.496 e. The van der Waals surface area contributed by atoms with Crippen LogP contribution in [-0.4, -0.2) is 50.1 Å². The van der Waals surface area contributed by atoms with Crippen molar-refractivity contribution >= 4 is 0 Å². The third-order valence-corrected chi connectivity index (χ3v) is 3.99. The van der Waals surface area contributed by atoms with Crippen molar-refractivity contribution in [1.82, 2.24) is 9.80 Å². The highest BCUT2D eigenvalue weighted by molar-refractivity contribution is 5.35. The second kappa shape index (κ2) is 6.50. The van der Waals surface area contributed by atoms with Gasteiger partial charge in [0.15, 0.2) is 11.6 Å². The maximum absolute atomic E-state index is 13.9. The van der Waals surface area contributed by atoms with Crippen molar-refractivity contribution in [2.75, 3.05) is 34.3 Å². The van der Waals surface area contributed by atoms with Gasteiger partial charge in [0, 0.05) is 24.7 Å². The van der Waals surface area contributed by atoms with Crippen LogP contribution in [-0.2, 0) is 6.54 Å². The maximum atomic E-state index is 13.9. The Morgan fingerprint density at radius 3 is 2.75 bits per heavy atom. The summed E-state index contributed by atoms with van der Waals surface area (Å²) in [4.78, 5) is 4.34. The third kappa shape index (κ3) is 3.27. The molecule has 3 nitrogen and oxygen atoms in total. The van der Waals surface area contributed by atoms with Gasteiger partial charge < -0.3 is 14.5 Å². The fraction of sp³-hybridized carbons (Fsp3) is 0.600. The summed E-state index contributed by atoms with van der Waals surface area (Å²) in [6, 6.07) is 3.06. The lowest BCUT2D eigenvalue weighted by Gasteiger charge is -2.26. The first-order valence-corrected chi connectivity index (χ1v) is 6.92. The molecule has 20 heavy (non-hydrogen) atoms. The topological polar surface area (TPSA) is 15.7 Å². The van der Waals surface area contributed by atoms with Crippen LogP contribution in [0.25, 0.3) is 0 Å². The van der Waals surface area contributed by atoms with Crippen molar-refractivity contribution in [2.45, 2.75) is 25.4 Å². The molecule has 0 unspecified atom stereocenters. The summed E-state index contributed by atoms with van der Waals surface area (Å²) in [5.74, 6) is -1.24. The number of ether oxygens (including phenoxy) is 1. The number of hydrogen-bond acceptors (Lipinski definition) is 3. The van der Waals surface area contributed by atoms with Crippen LogP contribution in [0.1, 0.15) is 18.4 Å². The van der Waals surface area contributed by atoms with Crippen molar-refractivity contribution < 1.29 is 13.5 Å². The molecule has 0 radical (unpaired) electrons. The molecule has 0 N–H and O–H groups in total. The highest BCUT2D eigenvalue weighted by atomic mass is 19.2. The molecule has 1 aromatic rings. The van der Waals surface area contributed by atoms with Crippen LogP contribution in [0.4, 0.5) is 8.78 Å². The minimum absolute atomic E-state index is 0.288. The number of nitrogens with zero attached hydrogens (tertiary/aromatic N) is 2. The Hall–Kier alpha value is -1.20. The average Bonchev–Trinajstić information content (AvgIpc) is 2.81. The van der Waals surface area contributed by atoms with Gasteiger partial charge in [-0.25, -0.2) is 8.78 Å². The van der Waals surface area contributed by atoms with Gasteiger partial charge in [-0.05, 0) is 45.6 Å². The molecule has 0 spiro atoms. The Kier molecular flexibility index (Phi) is 4.94. The molecule has 1 saturated heterocycles. The van der Waals surface area contributed by atoms with Crippen LogP contribution in [0, 0.1) is 11.6 Å². The molecule has 0 aliphatic carbocycles. The molecule has 1 atom stereocenters. The van der Waals surface area contributed by atoms with Gasteiger partial charge in [0.05, 0.1) is 7.11 Å². The summed E-state index contributed by atoms with van der Waals surface area (Å²) in [6.07, 6.45) is 2.36. The smallest absolute Gasteiger partial charge is 0.167 e. The molecular weight excluding hydrogens is 262 g/mol. The molecule has 112 valence electrons. The molecule has 1 aliphatic rings. The summed E-state index contributed by atoms with van der Waals surface area (Å²) in [5.41, 5.74) is 0.288. The van der Waals surface area contributed by atoms with Crippen molar-refractivity contribution in [2.24, 2.45) is 0 Å². The summed E-state index contributed by atoms with van der Waals surface area (Å²) >= 11 is 0. The van der Waals surface area contributed by atoms with E-state index in [4.69, 9.17) is 4.74 Å². The monoisotopic (exact) mass is 284 g/mol. The van der Waals surface area contributed by atoms with E-state index in [0.29, 0.717) is 18.3 Å². The fourth-order valence-corrected chi connectivity index (χ4v) is 2.82. The van der Waals surface area contributed by atoms with E-state index in [2.05, 4.69) is 11.9 Å². The first-order valence-electron chi connectivity index (χ1n) is 6.92. The Labute approximate surface area is 119 Å². The van der Waals surface area contributed by atoms with E-state index in [0.717, 1.165) is 25.6 Å². The summed E-state index contributed by atoms with van der Waals surface area (Å²) < 4.78 is 32.4. The van der Waals surface area contributed by atoms with Gasteiger partial charge in [-0.15, -0.1) is 0 Å². The van der Waals surface area contributed by atoms with Gasteiger partial charge in [0.1, 0.15) is 5.75 Å². The van der Waals surface area contributed by atoms with Crippen LogP contribution < -0.4 is 4.74 Å². The number of benzene rings is 1. The number of likely N-dealkylation sites (tertiary alicyclic amines) is 1. The lowest BCUT2D eigenvalue weighted by molar-refractivity contribution is 0.211. The van der Waals surface area contributed by atoms with Gasteiger partial charge >= 0.3 is 0 Å². The van der Waals surface area contributed by atoms with Gasteiger partial charge in [-0.2, -0.15) is 0 Å². The number of rotatable bonds is 5. The number of halogens is 2. The minimum atomic E-state index is -0.827. The Morgan fingerprint density at radius 2 is 2.15 bits per heavy atom. The highest BCUT2D eigenvalue weighted by Gasteiger charge is 2.23. The SMILES string of the molecule is COc1ccc(F)c(F)c1CN(C)C[C@@H]1CCCN1C. The maximum Gasteiger partial charge on any atom is 0.167 e. The zero-order chi connectivity index (χ0) is 14.7. The van der Waals surface area contributed by atoms with E-state index in [-0.39, 0.29) is 5.56 Å². The van der Waals surface area contributed by atoms with Crippen molar-refractivity contribution in [3.63, 3.8) is 0 Å². The van der Waals surface area contributed by atoms with E-state index < -0.39 is 11.6 Å². The number of hydrogen-bond donors (Lipinski definition) is 0. The van der Waals surface area contributed by atoms with Gasteiger partial charge in [-0.1, -0.05) is 0 Å². The van der Waals surface area contributed by atoms with Crippen LogP contribution in [0.15, 0.2) is 12.1 Å². The van der Waals surface area contributed by atoms with E-state index in [1.54, 1.807) is 0 Å². The van der Waals surface area contributed by atoms with Crippen LogP contribution in [0.2, 0.25) is 0 Å². The molecule has 2 rings (SSSR count). The molecular formula is C15H22F2N2O.